The zero-order chi connectivity index (χ0) is 24.0. The van der Waals surface area contributed by atoms with Crippen molar-refractivity contribution in [2.75, 3.05) is 37.4 Å². The first kappa shape index (κ1) is 24.4. The monoisotopic (exact) mass is 466 g/mol. The van der Waals surface area contributed by atoms with E-state index in [0.717, 1.165) is 22.4 Å². The van der Waals surface area contributed by atoms with E-state index >= 15 is 0 Å². The molecule has 2 aromatic carbocycles. The molecular weight excluding hydrogens is 436 g/mol. The number of amides is 2. The van der Waals surface area contributed by atoms with Crippen molar-refractivity contribution in [3.8, 4) is 17.0 Å². The smallest absolute Gasteiger partial charge is 0.240 e. The SMILES string of the molecule is CCN(CC(=O)Nc1nc(-c2c(C)cc(C)cc2C)cs1)CC(=O)Nc1ccccc1OC. The molecule has 0 atom stereocenters. The Kier molecular flexibility index (Phi) is 8.19. The minimum absolute atomic E-state index is 0.0901. The minimum Gasteiger partial charge on any atom is -0.495 e. The first-order chi connectivity index (χ1) is 15.8. The molecule has 1 aromatic heterocycles. The number of nitrogens with one attached hydrogen (secondary N) is 2. The molecule has 0 saturated carbocycles. The number of anilines is 2. The van der Waals surface area contributed by atoms with E-state index in [4.69, 9.17) is 4.74 Å². The van der Waals surface area contributed by atoms with E-state index in [2.05, 4.69) is 48.5 Å². The molecule has 0 saturated heterocycles. The Labute approximate surface area is 198 Å². The van der Waals surface area contributed by atoms with Crippen molar-refractivity contribution < 1.29 is 14.3 Å². The second-order valence-electron chi connectivity index (χ2n) is 7.91. The number of hydrogen-bond acceptors (Lipinski definition) is 6. The van der Waals surface area contributed by atoms with Crippen molar-refractivity contribution >= 4 is 34.0 Å². The fourth-order valence-corrected chi connectivity index (χ4v) is 4.53. The third kappa shape index (κ3) is 6.40. The molecule has 0 radical (unpaired) electrons. The zero-order valence-electron chi connectivity index (χ0n) is 19.7. The molecule has 7 nitrogen and oxygen atoms in total. The highest BCUT2D eigenvalue weighted by Crippen LogP contribution is 2.31. The van der Waals surface area contributed by atoms with Crippen LogP contribution in [0.4, 0.5) is 10.8 Å². The van der Waals surface area contributed by atoms with E-state index in [1.54, 1.807) is 24.1 Å². The van der Waals surface area contributed by atoms with Crippen LogP contribution < -0.4 is 15.4 Å². The average Bonchev–Trinajstić information content (AvgIpc) is 3.20. The topological polar surface area (TPSA) is 83.6 Å². The van der Waals surface area contributed by atoms with Crippen LogP contribution in [0, 0.1) is 20.8 Å². The van der Waals surface area contributed by atoms with Gasteiger partial charge in [0.25, 0.3) is 0 Å². The molecule has 0 spiro atoms. The van der Waals surface area contributed by atoms with Crippen LogP contribution in [0.5, 0.6) is 5.75 Å². The van der Waals surface area contributed by atoms with E-state index in [0.29, 0.717) is 23.1 Å². The standard InChI is InChI=1S/C25H30N4O3S/c1-6-29(13-22(30)26-19-9-7-8-10-21(19)32-5)14-23(31)28-25-27-20(15-33-25)24-17(3)11-16(2)12-18(24)4/h7-12,15H,6,13-14H2,1-5H3,(H,26,30)(H,27,28,31). The Hall–Kier alpha value is -3.23. The fourth-order valence-electron chi connectivity index (χ4n) is 3.81. The normalized spacial score (nSPS) is 10.8. The van der Waals surface area contributed by atoms with Crippen molar-refractivity contribution in [2.45, 2.75) is 27.7 Å². The van der Waals surface area contributed by atoms with Crippen LogP contribution in [-0.2, 0) is 9.59 Å². The summed E-state index contributed by atoms with van der Waals surface area (Å²) in [4.78, 5) is 31.5. The summed E-state index contributed by atoms with van der Waals surface area (Å²) >= 11 is 1.39. The summed E-state index contributed by atoms with van der Waals surface area (Å²) < 4.78 is 5.26. The Morgan fingerprint density at radius 1 is 1.03 bits per heavy atom. The summed E-state index contributed by atoms with van der Waals surface area (Å²) in [6, 6.07) is 11.5. The van der Waals surface area contributed by atoms with Gasteiger partial charge in [-0.3, -0.25) is 14.5 Å². The molecule has 0 aliphatic rings. The van der Waals surface area contributed by atoms with Crippen molar-refractivity contribution in [1.82, 2.24) is 9.88 Å². The predicted molar refractivity (Wildman–Crippen MR) is 134 cm³/mol. The Morgan fingerprint density at radius 2 is 1.67 bits per heavy atom. The van der Waals surface area contributed by atoms with E-state index in [-0.39, 0.29) is 24.9 Å². The third-order valence-electron chi connectivity index (χ3n) is 5.25. The molecular formula is C25H30N4O3S. The third-order valence-corrected chi connectivity index (χ3v) is 6.00. The van der Waals surface area contributed by atoms with Crippen LogP contribution in [0.2, 0.25) is 0 Å². The first-order valence-electron chi connectivity index (χ1n) is 10.8. The lowest BCUT2D eigenvalue weighted by molar-refractivity contribution is -0.119. The van der Waals surface area contributed by atoms with Gasteiger partial charge in [0.1, 0.15) is 5.75 Å². The number of benzene rings is 2. The van der Waals surface area contributed by atoms with Gasteiger partial charge < -0.3 is 15.4 Å². The molecule has 3 aromatic rings. The molecule has 0 unspecified atom stereocenters. The van der Waals surface area contributed by atoms with Crippen LogP contribution in [0.15, 0.2) is 41.8 Å². The van der Waals surface area contributed by atoms with Gasteiger partial charge in [0.15, 0.2) is 5.13 Å². The second-order valence-corrected chi connectivity index (χ2v) is 8.77. The maximum Gasteiger partial charge on any atom is 0.240 e. The molecule has 8 heteroatoms. The number of para-hydroxylation sites is 2. The van der Waals surface area contributed by atoms with Gasteiger partial charge in [-0.2, -0.15) is 0 Å². The van der Waals surface area contributed by atoms with Crippen LogP contribution in [0.1, 0.15) is 23.6 Å². The van der Waals surface area contributed by atoms with E-state index < -0.39 is 0 Å². The highest BCUT2D eigenvalue weighted by atomic mass is 32.1. The molecule has 0 bridgehead atoms. The maximum atomic E-state index is 12.6. The number of thiazole rings is 1. The lowest BCUT2D eigenvalue weighted by atomic mass is 9.98. The average molecular weight is 467 g/mol. The van der Waals surface area contributed by atoms with Gasteiger partial charge in [-0.05, 0) is 50.6 Å². The number of likely N-dealkylation sites (N-methyl/N-ethyl adjacent to an activating group) is 1. The number of aromatic nitrogens is 1. The largest absolute Gasteiger partial charge is 0.495 e. The summed E-state index contributed by atoms with van der Waals surface area (Å²) in [6.45, 7) is 8.86. The van der Waals surface area contributed by atoms with Crippen LogP contribution in [0.3, 0.4) is 0 Å². The number of rotatable bonds is 9. The van der Waals surface area contributed by atoms with Crippen LogP contribution in [0.25, 0.3) is 11.3 Å². The highest BCUT2D eigenvalue weighted by Gasteiger charge is 2.16. The Morgan fingerprint density at radius 3 is 2.30 bits per heavy atom. The molecule has 2 N–H and O–H groups in total. The fraction of sp³-hybridized carbons (Fsp3) is 0.320. The van der Waals surface area contributed by atoms with Gasteiger partial charge in [-0.15, -0.1) is 11.3 Å². The summed E-state index contributed by atoms with van der Waals surface area (Å²) in [5.41, 5.74) is 6.09. The number of carbonyl (C=O) groups is 2. The lowest BCUT2D eigenvalue weighted by Crippen LogP contribution is -2.38. The minimum atomic E-state index is -0.212. The molecule has 1 heterocycles. The van der Waals surface area contributed by atoms with Gasteiger partial charge >= 0.3 is 0 Å². The molecule has 0 aliphatic carbocycles. The van der Waals surface area contributed by atoms with Crippen molar-refractivity contribution in [3.05, 3.63) is 58.5 Å². The summed E-state index contributed by atoms with van der Waals surface area (Å²) in [5, 5.41) is 8.20. The van der Waals surface area contributed by atoms with Crippen LogP contribution in [-0.4, -0.2) is 48.4 Å². The molecule has 33 heavy (non-hydrogen) atoms. The number of methoxy groups -OCH3 is 1. The van der Waals surface area contributed by atoms with E-state index in [9.17, 15) is 9.59 Å². The molecule has 0 fully saturated rings. The summed E-state index contributed by atoms with van der Waals surface area (Å²) in [7, 11) is 1.55. The van der Waals surface area contributed by atoms with E-state index in [1.807, 2.05) is 24.4 Å². The lowest BCUT2D eigenvalue weighted by Gasteiger charge is -2.19. The number of hydrogen-bond donors (Lipinski definition) is 2. The van der Waals surface area contributed by atoms with Gasteiger partial charge in [-0.1, -0.05) is 36.8 Å². The predicted octanol–water partition coefficient (Wildman–Crippen LogP) is 4.64. The van der Waals surface area contributed by atoms with Crippen molar-refractivity contribution in [3.63, 3.8) is 0 Å². The zero-order valence-corrected chi connectivity index (χ0v) is 20.5. The quantitative estimate of drug-likeness (QED) is 0.480. The number of nitrogens with zero attached hydrogens (tertiary/aromatic N) is 2. The Balaban J connectivity index is 1.59. The molecule has 174 valence electrons. The van der Waals surface area contributed by atoms with Crippen LogP contribution >= 0.6 is 11.3 Å². The van der Waals surface area contributed by atoms with Gasteiger partial charge in [0, 0.05) is 10.9 Å². The van der Waals surface area contributed by atoms with Gasteiger partial charge in [0.2, 0.25) is 11.8 Å². The van der Waals surface area contributed by atoms with Gasteiger partial charge in [-0.25, -0.2) is 4.98 Å². The Bertz CT molecular complexity index is 1120. The second kappa shape index (κ2) is 11.1. The van der Waals surface area contributed by atoms with E-state index in [1.165, 1.54) is 16.9 Å². The molecule has 0 aliphatic heterocycles. The number of carbonyl (C=O) groups excluding carboxylic acids is 2. The summed E-state index contributed by atoms with van der Waals surface area (Å²) in [5.74, 6) is 0.168. The first-order valence-corrected chi connectivity index (χ1v) is 11.7. The molecule has 2 amide bonds. The highest BCUT2D eigenvalue weighted by molar-refractivity contribution is 7.14. The number of aryl methyl sites for hydroxylation is 3. The van der Waals surface area contributed by atoms with Crippen molar-refractivity contribution in [2.24, 2.45) is 0 Å². The number of ether oxygens (including phenoxy) is 1. The van der Waals surface area contributed by atoms with Crippen molar-refractivity contribution in [1.29, 1.82) is 0 Å². The summed E-state index contributed by atoms with van der Waals surface area (Å²) in [6.07, 6.45) is 0. The maximum absolute atomic E-state index is 12.6. The van der Waals surface area contributed by atoms with Gasteiger partial charge in [0.05, 0.1) is 31.6 Å². The molecule has 3 rings (SSSR count).